The fourth-order valence-electron chi connectivity index (χ4n) is 1.52. The van der Waals surface area contributed by atoms with Crippen molar-refractivity contribution < 1.29 is 4.42 Å². The Morgan fingerprint density at radius 1 is 1.43 bits per heavy atom. The highest BCUT2D eigenvalue weighted by Crippen LogP contribution is 2.24. The van der Waals surface area contributed by atoms with E-state index in [2.05, 4.69) is 27.8 Å². The van der Waals surface area contributed by atoms with Crippen LogP contribution >= 0.6 is 15.9 Å². The van der Waals surface area contributed by atoms with E-state index in [1.165, 1.54) is 0 Å². The maximum absolute atomic E-state index is 5.66. The van der Waals surface area contributed by atoms with Gasteiger partial charge in [0.1, 0.15) is 5.52 Å². The maximum atomic E-state index is 5.66. The fraction of sp³-hybridized carbons (Fsp3) is 0.364. The third-order valence-electron chi connectivity index (χ3n) is 2.15. The summed E-state index contributed by atoms with van der Waals surface area (Å²) in [6.07, 6.45) is 1.97. The minimum atomic E-state index is 0.837. The third kappa shape index (κ3) is 1.69. The van der Waals surface area contributed by atoms with Gasteiger partial charge >= 0.3 is 0 Å². The summed E-state index contributed by atoms with van der Waals surface area (Å²) in [5.41, 5.74) is 2.99. The molecular formula is C11H12BrNO. The van der Waals surface area contributed by atoms with Gasteiger partial charge in [0.05, 0.1) is 0 Å². The molecule has 0 bridgehead atoms. The van der Waals surface area contributed by atoms with E-state index in [9.17, 15) is 0 Å². The van der Waals surface area contributed by atoms with Gasteiger partial charge < -0.3 is 4.42 Å². The lowest BCUT2D eigenvalue weighted by Gasteiger charge is -1.93. The molecule has 2 nitrogen and oxygen atoms in total. The molecule has 0 unspecified atom stereocenters. The molecule has 0 fully saturated rings. The van der Waals surface area contributed by atoms with E-state index in [-0.39, 0.29) is 0 Å². The molecule has 0 aliphatic carbocycles. The van der Waals surface area contributed by atoms with Crippen LogP contribution in [-0.4, -0.2) is 4.98 Å². The van der Waals surface area contributed by atoms with Gasteiger partial charge in [-0.15, -0.1) is 0 Å². The zero-order valence-corrected chi connectivity index (χ0v) is 9.89. The normalized spacial score (nSPS) is 11.1. The smallest absolute Gasteiger partial charge is 0.195 e. The summed E-state index contributed by atoms with van der Waals surface area (Å²) in [5, 5.41) is 0. The second-order valence-corrected chi connectivity index (χ2v) is 4.34. The van der Waals surface area contributed by atoms with Crippen molar-refractivity contribution in [2.75, 3.05) is 0 Å². The Bertz CT molecular complexity index is 462. The molecule has 0 N–H and O–H groups in total. The van der Waals surface area contributed by atoms with Crippen molar-refractivity contribution in [1.29, 1.82) is 0 Å². The van der Waals surface area contributed by atoms with Crippen molar-refractivity contribution in [3.63, 3.8) is 0 Å². The zero-order chi connectivity index (χ0) is 10.1. The molecule has 2 aromatic rings. The minimum Gasteiger partial charge on any atom is -0.440 e. The van der Waals surface area contributed by atoms with E-state index in [1.54, 1.807) is 0 Å². The van der Waals surface area contributed by atoms with E-state index in [4.69, 9.17) is 4.42 Å². The quantitative estimate of drug-likeness (QED) is 0.813. The number of halogens is 1. The number of rotatable bonds is 2. The van der Waals surface area contributed by atoms with Crippen LogP contribution in [0.1, 0.15) is 24.8 Å². The third-order valence-corrected chi connectivity index (χ3v) is 2.61. The average molecular weight is 254 g/mol. The molecule has 0 aliphatic rings. The number of nitrogens with zero attached hydrogens (tertiary/aromatic N) is 1. The first kappa shape index (κ1) is 9.71. The van der Waals surface area contributed by atoms with E-state index in [0.717, 1.165) is 39.9 Å². The molecule has 2 rings (SSSR count). The van der Waals surface area contributed by atoms with Gasteiger partial charge in [0, 0.05) is 10.9 Å². The predicted molar refractivity (Wildman–Crippen MR) is 60.4 cm³/mol. The highest BCUT2D eigenvalue weighted by Gasteiger charge is 2.07. The van der Waals surface area contributed by atoms with Crippen LogP contribution in [-0.2, 0) is 6.42 Å². The summed E-state index contributed by atoms with van der Waals surface area (Å²) in [6.45, 7) is 4.16. The molecule has 3 heteroatoms. The number of hydrogen-bond donors (Lipinski definition) is 0. The fourth-order valence-corrected chi connectivity index (χ4v) is 2.08. The van der Waals surface area contributed by atoms with Crippen LogP contribution in [0.5, 0.6) is 0 Å². The van der Waals surface area contributed by atoms with Gasteiger partial charge in [0.15, 0.2) is 11.5 Å². The standard InChI is InChI=1S/C11H12BrNO/c1-3-4-10-13-9-6-8(12)5-7(2)11(9)14-10/h5-6H,3-4H2,1-2H3. The van der Waals surface area contributed by atoms with Crippen molar-refractivity contribution >= 4 is 27.0 Å². The van der Waals surface area contributed by atoms with Gasteiger partial charge in [-0.05, 0) is 31.0 Å². The van der Waals surface area contributed by atoms with Crippen LogP contribution in [0.25, 0.3) is 11.1 Å². The Morgan fingerprint density at radius 2 is 2.21 bits per heavy atom. The lowest BCUT2D eigenvalue weighted by molar-refractivity contribution is 0.524. The second kappa shape index (κ2) is 3.73. The van der Waals surface area contributed by atoms with Crippen molar-refractivity contribution in [3.8, 4) is 0 Å². The lowest BCUT2D eigenvalue weighted by Crippen LogP contribution is -1.80. The highest BCUT2D eigenvalue weighted by molar-refractivity contribution is 9.10. The molecule has 14 heavy (non-hydrogen) atoms. The van der Waals surface area contributed by atoms with Gasteiger partial charge in [0.25, 0.3) is 0 Å². The number of fused-ring (bicyclic) bond motifs is 1. The summed E-state index contributed by atoms with van der Waals surface area (Å²) >= 11 is 3.45. The first-order valence-electron chi connectivity index (χ1n) is 4.76. The van der Waals surface area contributed by atoms with Crippen LogP contribution in [0.3, 0.4) is 0 Å². The van der Waals surface area contributed by atoms with Crippen LogP contribution in [0.15, 0.2) is 21.0 Å². The molecular weight excluding hydrogens is 242 g/mol. The SMILES string of the molecule is CCCc1nc2cc(Br)cc(C)c2o1. The van der Waals surface area contributed by atoms with Crippen LogP contribution in [0.2, 0.25) is 0 Å². The number of aryl methyl sites for hydroxylation is 2. The van der Waals surface area contributed by atoms with Gasteiger partial charge in [-0.2, -0.15) is 0 Å². The lowest BCUT2D eigenvalue weighted by atomic mass is 10.2. The van der Waals surface area contributed by atoms with Crippen LogP contribution in [0, 0.1) is 6.92 Å². The van der Waals surface area contributed by atoms with E-state index < -0.39 is 0 Å². The molecule has 0 aliphatic heterocycles. The molecule has 0 atom stereocenters. The summed E-state index contributed by atoms with van der Waals surface area (Å²) in [7, 11) is 0. The Labute approximate surface area is 91.5 Å². The summed E-state index contributed by atoms with van der Waals surface area (Å²) in [6, 6.07) is 4.04. The molecule has 1 aromatic heterocycles. The van der Waals surface area contributed by atoms with Gasteiger partial charge in [-0.3, -0.25) is 0 Å². The van der Waals surface area contributed by atoms with Crippen molar-refractivity contribution in [1.82, 2.24) is 4.98 Å². The van der Waals surface area contributed by atoms with Crippen molar-refractivity contribution in [2.24, 2.45) is 0 Å². The maximum Gasteiger partial charge on any atom is 0.195 e. The first-order valence-corrected chi connectivity index (χ1v) is 5.55. The molecule has 0 saturated carbocycles. The van der Waals surface area contributed by atoms with Crippen molar-refractivity contribution in [2.45, 2.75) is 26.7 Å². The Balaban J connectivity index is 2.58. The Morgan fingerprint density at radius 3 is 2.93 bits per heavy atom. The van der Waals surface area contributed by atoms with Gasteiger partial charge in [-0.25, -0.2) is 4.98 Å². The zero-order valence-electron chi connectivity index (χ0n) is 8.30. The Hall–Kier alpha value is -0.830. The van der Waals surface area contributed by atoms with Crippen LogP contribution in [0.4, 0.5) is 0 Å². The number of benzene rings is 1. The molecule has 0 amide bonds. The van der Waals surface area contributed by atoms with E-state index in [0.29, 0.717) is 0 Å². The highest BCUT2D eigenvalue weighted by atomic mass is 79.9. The van der Waals surface area contributed by atoms with Crippen molar-refractivity contribution in [3.05, 3.63) is 28.1 Å². The molecule has 0 spiro atoms. The Kier molecular flexibility index (Phi) is 2.59. The molecule has 1 heterocycles. The average Bonchev–Trinajstić information content (AvgIpc) is 2.48. The summed E-state index contributed by atoms with van der Waals surface area (Å²) in [4.78, 5) is 4.43. The van der Waals surface area contributed by atoms with Gasteiger partial charge in [-0.1, -0.05) is 22.9 Å². The molecule has 1 aromatic carbocycles. The summed E-state index contributed by atoms with van der Waals surface area (Å²) < 4.78 is 6.72. The second-order valence-electron chi connectivity index (χ2n) is 3.43. The number of hydrogen-bond acceptors (Lipinski definition) is 2. The van der Waals surface area contributed by atoms with Crippen LogP contribution < -0.4 is 0 Å². The van der Waals surface area contributed by atoms with Gasteiger partial charge in [0.2, 0.25) is 0 Å². The minimum absolute atomic E-state index is 0.837. The predicted octanol–water partition coefficient (Wildman–Crippen LogP) is 3.85. The number of oxazole rings is 1. The topological polar surface area (TPSA) is 26.0 Å². The first-order chi connectivity index (χ1) is 6.70. The molecule has 74 valence electrons. The largest absolute Gasteiger partial charge is 0.440 e. The molecule has 0 radical (unpaired) electrons. The number of aromatic nitrogens is 1. The monoisotopic (exact) mass is 253 g/mol. The summed E-state index contributed by atoms with van der Waals surface area (Å²) in [5.74, 6) is 0.837. The molecule has 0 saturated heterocycles. The van der Waals surface area contributed by atoms with E-state index >= 15 is 0 Å². The van der Waals surface area contributed by atoms with E-state index in [1.807, 2.05) is 19.1 Å².